The Kier molecular flexibility index (Phi) is 5.96. The van der Waals surface area contributed by atoms with Crippen LogP contribution in [0.5, 0.6) is 0 Å². The second kappa shape index (κ2) is 6.47. The van der Waals surface area contributed by atoms with E-state index in [2.05, 4.69) is 45.6 Å². The van der Waals surface area contributed by atoms with Crippen molar-refractivity contribution in [2.24, 2.45) is 5.92 Å². The lowest BCUT2D eigenvalue weighted by atomic mass is 10.0. The first kappa shape index (κ1) is 12.0. The summed E-state index contributed by atoms with van der Waals surface area (Å²) in [5, 5.41) is 0. The van der Waals surface area contributed by atoms with E-state index in [0.717, 1.165) is 0 Å². The van der Waals surface area contributed by atoms with E-state index in [1.807, 2.05) is 19.1 Å². The Hall–Kier alpha value is -1.04. The molecule has 0 aliphatic heterocycles. The second-order valence-electron chi connectivity index (χ2n) is 3.45. The molecule has 0 unspecified atom stereocenters. The lowest BCUT2D eigenvalue weighted by molar-refractivity contribution is 0.790. The zero-order valence-corrected chi connectivity index (χ0v) is 9.17. The first-order valence-electron chi connectivity index (χ1n) is 4.75. The Balaban J connectivity index is 4.72. The Morgan fingerprint density at radius 2 is 1.92 bits per heavy atom. The fourth-order valence-electron chi connectivity index (χ4n) is 1.10. The van der Waals surface area contributed by atoms with Crippen LogP contribution >= 0.6 is 0 Å². The lowest BCUT2D eigenvalue weighted by Gasteiger charge is -2.06. The van der Waals surface area contributed by atoms with E-state index < -0.39 is 0 Å². The van der Waals surface area contributed by atoms with Crippen LogP contribution in [0.4, 0.5) is 0 Å². The molecule has 0 aromatic rings. The van der Waals surface area contributed by atoms with Gasteiger partial charge in [0.05, 0.1) is 0 Å². The van der Waals surface area contributed by atoms with Gasteiger partial charge in [0.1, 0.15) is 0 Å². The molecule has 0 aromatic heterocycles. The van der Waals surface area contributed by atoms with Crippen molar-refractivity contribution in [3.05, 3.63) is 48.1 Å². The third-order valence-electron chi connectivity index (χ3n) is 1.80. The molecule has 0 saturated heterocycles. The predicted octanol–water partition coefficient (Wildman–Crippen LogP) is 4.28. The van der Waals surface area contributed by atoms with Crippen molar-refractivity contribution in [1.82, 2.24) is 0 Å². The fraction of sp³-hybridized carbons (Fsp3) is 0.385. The summed E-state index contributed by atoms with van der Waals surface area (Å²) in [4.78, 5) is 0. The van der Waals surface area contributed by atoms with E-state index in [0.29, 0.717) is 5.92 Å². The minimum Gasteiger partial charge on any atom is -0.0991 e. The molecule has 0 fully saturated rings. The van der Waals surface area contributed by atoms with Crippen LogP contribution in [-0.2, 0) is 0 Å². The molecule has 0 saturated carbocycles. The summed E-state index contributed by atoms with van der Waals surface area (Å²) in [5.74, 6) is 0.573. The second-order valence-corrected chi connectivity index (χ2v) is 3.45. The molecule has 0 nitrogen and oxygen atoms in total. The maximum atomic E-state index is 3.68. The number of hydrogen-bond acceptors (Lipinski definition) is 0. The molecule has 0 radical (unpaired) electrons. The maximum Gasteiger partial charge on any atom is -0.0219 e. The molecule has 72 valence electrons. The van der Waals surface area contributed by atoms with Gasteiger partial charge in [0, 0.05) is 0 Å². The van der Waals surface area contributed by atoms with Crippen molar-refractivity contribution < 1.29 is 0 Å². The predicted molar refractivity (Wildman–Crippen MR) is 61.7 cm³/mol. The maximum absolute atomic E-state index is 3.68. The normalized spacial score (nSPS) is 14.2. The standard InChI is InChI=1S/C13H20/c1-6-8-12(5)10-13(9-7-2)11(3)4/h6-11H,1H2,2-5H3/b9-7-,12-8+,13-10+. The zero-order valence-electron chi connectivity index (χ0n) is 9.17. The molecule has 0 bridgehead atoms. The third kappa shape index (κ3) is 5.24. The van der Waals surface area contributed by atoms with Crippen LogP contribution in [0.2, 0.25) is 0 Å². The van der Waals surface area contributed by atoms with Gasteiger partial charge in [0.15, 0.2) is 0 Å². The van der Waals surface area contributed by atoms with Crippen LogP contribution in [0.3, 0.4) is 0 Å². The van der Waals surface area contributed by atoms with Crippen LogP contribution in [0, 0.1) is 5.92 Å². The van der Waals surface area contributed by atoms with Gasteiger partial charge in [0.2, 0.25) is 0 Å². The van der Waals surface area contributed by atoms with Gasteiger partial charge in [-0.25, -0.2) is 0 Å². The summed E-state index contributed by atoms with van der Waals surface area (Å²) in [7, 11) is 0. The number of rotatable bonds is 4. The first-order chi connectivity index (χ1) is 6.11. The van der Waals surface area contributed by atoms with Gasteiger partial charge >= 0.3 is 0 Å². The first-order valence-corrected chi connectivity index (χ1v) is 4.75. The molecule has 0 spiro atoms. The highest BCUT2D eigenvalue weighted by molar-refractivity contribution is 5.31. The molecule has 0 heteroatoms. The number of hydrogen-bond donors (Lipinski definition) is 0. The molecular weight excluding hydrogens is 156 g/mol. The lowest BCUT2D eigenvalue weighted by Crippen LogP contribution is -1.90. The average molecular weight is 176 g/mol. The van der Waals surface area contributed by atoms with Gasteiger partial charge in [-0.05, 0) is 25.3 Å². The van der Waals surface area contributed by atoms with Crippen LogP contribution in [0.25, 0.3) is 0 Å². The van der Waals surface area contributed by atoms with E-state index in [9.17, 15) is 0 Å². The van der Waals surface area contributed by atoms with Crippen molar-refractivity contribution in [3.63, 3.8) is 0 Å². The zero-order chi connectivity index (χ0) is 10.3. The molecule has 0 aliphatic rings. The highest BCUT2D eigenvalue weighted by Gasteiger charge is 1.97. The summed E-state index contributed by atoms with van der Waals surface area (Å²) in [5.41, 5.74) is 2.61. The largest absolute Gasteiger partial charge is 0.0991 e. The summed E-state index contributed by atoms with van der Waals surface area (Å²) < 4.78 is 0. The summed E-state index contributed by atoms with van der Waals surface area (Å²) in [6, 6.07) is 0. The SMILES string of the molecule is C=C/C=C(C)/C=C(\C=C/C)C(C)C. The summed E-state index contributed by atoms with van der Waals surface area (Å²) in [6.45, 7) is 12.2. The van der Waals surface area contributed by atoms with E-state index in [1.54, 1.807) is 0 Å². The van der Waals surface area contributed by atoms with Gasteiger partial charge in [-0.3, -0.25) is 0 Å². The fourth-order valence-corrected chi connectivity index (χ4v) is 1.10. The molecule has 0 heterocycles. The van der Waals surface area contributed by atoms with Gasteiger partial charge in [0.25, 0.3) is 0 Å². The molecule has 13 heavy (non-hydrogen) atoms. The highest BCUT2D eigenvalue weighted by atomic mass is 14.0. The molecular formula is C13H20. The van der Waals surface area contributed by atoms with Crippen molar-refractivity contribution in [3.8, 4) is 0 Å². The third-order valence-corrected chi connectivity index (χ3v) is 1.80. The monoisotopic (exact) mass is 176 g/mol. The van der Waals surface area contributed by atoms with Crippen LogP contribution < -0.4 is 0 Å². The number of allylic oxidation sites excluding steroid dienone is 7. The molecule has 0 rings (SSSR count). The molecule has 0 aromatic carbocycles. The van der Waals surface area contributed by atoms with Gasteiger partial charge in [-0.15, -0.1) is 0 Å². The van der Waals surface area contributed by atoms with Gasteiger partial charge < -0.3 is 0 Å². The molecule has 0 atom stereocenters. The Morgan fingerprint density at radius 1 is 1.31 bits per heavy atom. The van der Waals surface area contributed by atoms with E-state index >= 15 is 0 Å². The smallest absolute Gasteiger partial charge is 0.0219 e. The molecule has 0 aliphatic carbocycles. The quantitative estimate of drug-likeness (QED) is 0.561. The minimum atomic E-state index is 0.573. The summed E-state index contributed by atoms with van der Waals surface area (Å²) >= 11 is 0. The summed E-state index contributed by atoms with van der Waals surface area (Å²) in [6.07, 6.45) is 10.3. The Bertz CT molecular complexity index is 237. The average Bonchev–Trinajstić information content (AvgIpc) is 2.04. The molecule has 0 amide bonds. The van der Waals surface area contributed by atoms with Crippen LogP contribution in [-0.4, -0.2) is 0 Å². The minimum absolute atomic E-state index is 0.573. The van der Waals surface area contributed by atoms with Crippen LogP contribution in [0.1, 0.15) is 27.7 Å². The van der Waals surface area contributed by atoms with Crippen molar-refractivity contribution in [1.29, 1.82) is 0 Å². The van der Waals surface area contributed by atoms with Crippen molar-refractivity contribution in [2.45, 2.75) is 27.7 Å². The van der Waals surface area contributed by atoms with E-state index in [-0.39, 0.29) is 0 Å². The van der Waals surface area contributed by atoms with Crippen LogP contribution in [0.15, 0.2) is 48.1 Å². The Morgan fingerprint density at radius 3 is 2.31 bits per heavy atom. The highest BCUT2D eigenvalue weighted by Crippen LogP contribution is 2.13. The van der Waals surface area contributed by atoms with Gasteiger partial charge in [-0.2, -0.15) is 0 Å². The van der Waals surface area contributed by atoms with Crippen molar-refractivity contribution in [2.75, 3.05) is 0 Å². The van der Waals surface area contributed by atoms with E-state index in [1.165, 1.54) is 11.1 Å². The molecule has 0 N–H and O–H groups in total. The van der Waals surface area contributed by atoms with E-state index in [4.69, 9.17) is 0 Å². The van der Waals surface area contributed by atoms with Crippen molar-refractivity contribution >= 4 is 0 Å². The topological polar surface area (TPSA) is 0 Å². The van der Waals surface area contributed by atoms with Gasteiger partial charge in [-0.1, -0.05) is 56.4 Å². The Labute approximate surface area is 82.4 Å².